The third-order valence-electron chi connectivity index (χ3n) is 5.01. The van der Waals surface area contributed by atoms with Crippen LogP contribution in [0.25, 0.3) is 10.9 Å². The number of nitrogens with one attached hydrogen (secondary N) is 1. The number of nitrogens with zero attached hydrogens (tertiary/aromatic N) is 2. The van der Waals surface area contributed by atoms with Gasteiger partial charge in [-0.15, -0.1) is 0 Å². The number of aryl methyl sites for hydroxylation is 2. The standard InChI is InChI=1S/C18H18FN3O/c1-10-14(21-9-20-10)8-11-6-7-15-16(18(11)23)12-4-3-5-13(19)17(12)22(15)2/h3-5,9,11H,6-8H2,1-2H3,(H,20,21). The number of benzene rings is 1. The number of para-hydroxylation sites is 1. The van der Waals surface area contributed by atoms with Crippen LogP contribution in [0.5, 0.6) is 0 Å². The molecule has 3 aromatic rings. The molecule has 23 heavy (non-hydrogen) atoms. The highest BCUT2D eigenvalue weighted by molar-refractivity contribution is 6.11. The lowest BCUT2D eigenvalue weighted by Crippen LogP contribution is -2.25. The van der Waals surface area contributed by atoms with Gasteiger partial charge in [0.05, 0.1) is 17.5 Å². The van der Waals surface area contributed by atoms with E-state index < -0.39 is 0 Å². The molecule has 0 amide bonds. The number of ketones is 1. The van der Waals surface area contributed by atoms with Crippen LogP contribution in [-0.2, 0) is 19.9 Å². The van der Waals surface area contributed by atoms with Crippen LogP contribution in [-0.4, -0.2) is 20.3 Å². The summed E-state index contributed by atoms with van der Waals surface area (Å²) < 4.78 is 16.0. The fourth-order valence-electron chi connectivity index (χ4n) is 3.75. The van der Waals surface area contributed by atoms with Crippen molar-refractivity contribution in [2.75, 3.05) is 0 Å². The second-order valence-electron chi connectivity index (χ2n) is 6.29. The molecular weight excluding hydrogens is 293 g/mol. The summed E-state index contributed by atoms with van der Waals surface area (Å²) in [6.07, 6.45) is 3.87. The number of fused-ring (bicyclic) bond motifs is 3. The molecule has 1 aromatic carbocycles. The van der Waals surface area contributed by atoms with Gasteiger partial charge in [0.2, 0.25) is 0 Å². The maximum atomic E-state index is 14.2. The third-order valence-corrected chi connectivity index (χ3v) is 5.01. The predicted octanol–water partition coefficient (Wildman–Crippen LogP) is 3.34. The Balaban J connectivity index is 1.80. The van der Waals surface area contributed by atoms with Crippen molar-refractivity contribution in [2.45, 2.75) is 26.2 Å². The molecule has 1 unspecified atom stereocenters. The van der Waals surface area contributed by atoms with Crippen LogP contribution >= 0.6 is 0 Å². The van der Waals surface area contributed by atoms with Gasteiger partial charge < -0.3 is 9.55 Å². The summed E-state index contributed by atoms with van der Waals surface area (Å²) in [5.41, 5.74) is 4.13. The van der Waals surface area contributed by atoms with Gasteiger partial charge >= 0.3 is 0 Å². The molecular formula is C18H18FN3O. The number of imidazole rings is 1. The highest BCUT2D eigenvalue weighted by Gasteiger charge is 2.33. The second kappa shape index (κ2) is 5.05. The zero-order valence-corrected chi connectivity index (χ0v) is 13.2. The van der Waals surface area contributed by atoms with Crippen molar-refractivity contribution in [2.24, 2.45) is 13.0 Å². The number of aromatic nitrogens is 3. The van der Waals surface area contributed by atoms with E-state index in [4.69, 9.17) is 0 Å². The minimum Gasteiger partial charge on any atom is -0.348 e. The third kappa shape index (κ3) is 2.03. The molecule has 0 fully saturated rings. The van der Waals surface area contributed by atoms with Gasteiger partial charge in [-0.2, -0.15) is 0 Å². The van der Waals surface area contributed by atoms with E-state index in [9.17, 15) is 9.18 Å². The van der Waals surface area contributed by atoms with Crippen molar-refractivity contribution in [3.63, 3.8) is 0 Å². The first kappa shape index (κ1) is 14.2. The van der Waals surface area contributed by atoms with Gasteiger partial charge in [-0.25, -0.2) is 9.37 Å². The Bertz CT molecular complexity index is 922. The predicted molar refractivity (Wildman–Crippen MR) is 86.0 cm³/mol. The molecule has 0 spiro atoms. The molecule has 0 bridgehead atoms. The molecule has 2 heterocycles. The Labute approximate surface area is 133 Å². The van der Waals surface area contributed by atoms with Crippen molar-refractivity contribution in [3.05, 3.63) is 53.0 Å². The Morgan fingerprint density at radius 1 is 1.43 bits per heavy atom. The molecule has 0 saturated carbocycles. The first-order valence-corrected chi connectivity index (χ1v) is 7.86. The zero-order chi connectivity index (χ0) is 16.1. The monoisotopic (exact) mass is 311 g/mol. The van der Waals surface area contributed by atoms with Gasteiger partial charge in [-0.05, 0) is 25.8 Å². The van der Waals surface area contributed by atoms with Crippen LogP contribution in [0.3, 0.4) is 0 Å². The summed E-state index contributed by atoms with van der Waals surface area (Å²) in [6, 6.07) is 4.97. The van der Waals surface area contributed by atoms with Crippen LogP contribution in [0.15, 0.2) is 24.5 Å². The molecule has 0 saturated heterocycles. The van der Waals surface area contributed by atoms with Crippen molar-refractivity contribution < 1.29 is 9.18 Å². The minimum absolute atomic E-state index is 0.0848. The van der Waals surface area contributed by atoms with Gasteiger partial charge in [0.1, 0.15) is 5.82 Å². The van der Waals surface area contributed by atoms with Crippen LogP contribution in [0.4, 0.5) is 4.39 Å². The molecule has 4 rings (SSSR count). The van der Waals surface area contributed by atoms with Crippen LogP contribution in [0.2, 0.25) is 0 Å². The first-order valence-electron chi connectivity index (χ1n) is 7.86. The number of aromatic amines is 1. The Hall–Kier alpha value is -2.43. The fourth-order valence-corrected chi connectivity index (χ4v) is 3.75. The zero-order valence-electron chi connectivity index (χ0n) is 13.2. The first-order chi connectivity index (χ1) is 11.1. The molecule has 0 aliphatic heterocycles. The van der Waals surface area contributed by atoms with Crippen LogP contribution in [0, 0.1) is 18.7 Å². The maximum Gasteiger partial charge on any atom is 0.168 e. The molecule has 5 heteroatoms. The lowest BCUT2D eigenvalue weighted by molar-refractivity contribution is 0.0901. The topological polar surface area (TPSA) is 50.7 Å². The summed E-state index contributed by atoms with van der Waals surface area (Å²) >= 11 is 0. The van der Waals surface area contributed by atoms with Crippen molar-refractivity contribution >= 4 is 16.7 Å². The normalized spacial score (nSPS) is 17.7. The van der Waals surface area contributed by atoms with E-state index in [1.165, 1.54) is 6.07 Å². The molecule has 1 N–H and O–H groups in total. The largest absolute Gasteiger partial charge is 0.348 e. The molecule has 0 radical (unpaired) electrons. The SMILES string of the molecule is Cc1[nH]cnc1CC1CCc2c(c3cccc(F)c3n2C)C1=O. The number of carbonyl (C=O) groups is 1. The summed E-state index contributed by atoms with van der Waals surface area (Å²) in [7, 11) is 1.84. The van der Waals surface area contributed by atoms with E-state index in [-0.39, 0.29) is 17.5 Å². The highest BCUT2D eigenvalue weighted by Crippen LogP contribution is 2.35. The summed E-state index contributed by atoms with van der Waals surface area (Å²) in [5.74, 6) is -0.241. The highest BCUT2D eigenvalue weighted by atomic mass is 19.1. The summed E-state index contributed by atoms with van der Waals surface area (Å²) in [5, 5.41) is 0.732. The van der Waals surface area contributed by atoms with Gasteiger partial charge in [-0.3, -0.25) is 4.79 Å². The quantitative estimate of drug-likeness (QED) is 0.789. The maximum absolute atomic E-state index is 14.2. The number of Topliss-reactive ketones (excluding diaryl/α,β-unsaturated/α-hetero) is 1. The average Bonchev–Trinajstić information content (AvgIpc) is 3.06. The van der Waals surface area contributed by atoms with E-state index in [0.29, 0.717) is 17.5 Å². The fraction of sp³-hybridized carbons (Fsp3) is 0.333. The molecule has 118 valence electrons. The molecule has 4 nitrogen and oxygen atoms in total. The smallest absolute Gasteiger partial charge is 0.168 e. The summed E-state index contributed by atoms with van der Waals surface area (Å²) in [6.45, 7) is 1.97. The van der Waals surface area contributed by atoms with E-state index >= 15 is 0 Å². The lowest BCUT2D eigenvalue weighted by atomic mass is 9.82. The number of H-pyrrole nitrogens is 1. The molecule has 2 aromatic heterocycles. The molecule has 1 atom stereocenters. The summed E-state index contributed by atoms with van der Waals surface area (Å²) in [4.78, 5) is 20.4. The average molecular weight is 311 g/mol. The number of carbonyl (C=O) groups excluding carboxylic acids is 1. The lowest BCUT2D eigenvalue weighted by Gasteiger charge is -2.21. The van der Waals surface area contributed by atoms with Crippen molar-refractivity contribution in [1.82, 2.24) is 14.5 Å². The van der Waals surface area contributed by atoms with E-state index in [0.717, 1.165) is 35.3 Å². The number of hydrogen-bond donors (Lipinski definition) is 1. The second-order valence-corrected chi connectivity index (χ2v) is 6.29. The number of hydrogen-bond acceptors (Lipinski definition) is 2. The van der Waals surface area contributed by atoms with E-state index in [2.05, 4.69) is 9.97 Å². The number of halogens is 1. The molecule has 1 aliphatic carbocycles. The van der Waals surface area contributed by atoms with Gasteiger partial charge in [0.15, 0.2) is 5.78 Å². The molecule has 1 aliphatic rings. The van der Waals surface area contributed by atoms with E-state index in [1.807, 2.05) is 24.6 Å². The van der Waals surface area contributed by atoms with Crippen LogP contribution < -0.4 is 0 Å². The van der Waals surface area contributed by atoms with Gasteiger partial charge in [-0.1, -0.05) is 12.1 Å². The number of rotatable bonds is 2. The van der Waals surface area contributed by atoms with Crippen molar-refractivity contribution in [3.8, 4) is 0 Å². The Morgan fingerprint density at radius 2 is 2.26 bits per heavy atom. The van der Waals surface area contributed by atoms with E-state index in [1.54, 1.807) is 12.4 Å². The van der Waals surface area contributed by atoms with Gasteiger partial charge in [0, 0.05) is 41.7 Å². The Kier molecular flexibility index (Phi) is 3.11. The minimum atomic E-state index is -0.271. The van der Waals surface area contributed by atoms with Crippen LogP contribution in [0.1, 0.15) is 33.9 Å². The Morgan fingerprint density at radius 3 is 3.00 bits per heavy atom. The van der Waals surface area contributed by atoms with Crippen molar-refractivity contribution in [1.29, 1.82) is 0 Å². The van der Waals surface area contributed by atoms with Gasteiger partial charge in [0.25, 0.3) is 0 Å².